The summed E-state index contributed by atoms with van der Waals surface area (Å²) in [6.45, 7) is 0.114. The van der Waals surface area contributed by atoms with Crippen LogP contribution in [0.5, 0.6) is 0 Å². The number of anilines is 1. The Bertz CT molecular complexity index is 669. The lowest BCUT2D eigenvalue weighted by Gasteiger charge is -2.12. The van der Waals surface area contributed by atoms with Crippen LogP contribution < -0.4 is 10.6 Å². The van der Waals surface area contributed by atoms with Gasteiger partial charge in [-0.25, -0.2) is 9.78 Å². The van der Waals surface area contributed by atoms with Crippen LogP contribution in [0, 0.1) is 5.92 Å². The number of hydrogen-bond acceptors (Lipinski definition) is 4. The SMILES string of the molecule is O=C(Nc1ncc(-c2ccccc2)s1)N[C@@H]1C=C[C@H](CO)C1. The predicted octanol–water partition coefficient (Wildman–Crippen LogP) is 2.87. The van der Waals surface area contributed by atoms with Crippen LogP contribution >= 0.6 is 11.3 Å². The Morgan fingerprint density at radius 2 is 2.14 bits per heavy atom. The molecular formula is C16H17N3O2S. The van der Waals surface area contributed by atoms with Crippen molar-refractivity contribution in [2.45, 2.75) is 12.5 Å². The Morgan fingerprint density at radius 3 is 2.86 bits per heavy atom. The standard InChI is InChI=1S/C16H17N3O2S/c20-10-11-6-7-13(8-11)18-15(21)19-16-17-9-14(22-16)12-4-2-1-3-5-12/h1-7,9,11,13,20H,8,10H2,(H2,17,18,19,21)/t11-,13+/m0/s1. The summed E-state index contributed by atoms with van der Waals surface area (Å²) in [4.78, 5) is 17.2. The molecule has 6 heteroatoms. The third-order valence-electron chi connectivity index (χ3n) is 3.51. The van der Waals surface area contributed by atoms with E-state index in [1.807, 2.05) is 42.5 Å². The zero-order valence-electron chi connectivity index (χ0n) is 11.9. The highest BCUT2D eigenvalue weighted by Gasteiger charge is 2.20. The Kier molecular flexibility index (Phi) is 4.50. The normalized spacial score (nSPS) is 20.0. The predicted molar refractivity (Wildman–Crippen MR) is 87.8 cm³/mol. The maximum absolute atomic E-state index is 12.0. The highest BCUT2D eigenvalue weighted by Crippen LogP contribution is 2.28. The lowest BCUT2D eigenvalue weighted by Crippen LogP contribution is -2.36. The van der Waals surface area contributed by atoms with Gasteiger partial charge in [0, 0.05) is 24.8 Å². The van der Waals surface area contributed by atoms with E-state index in [2.05, 4.69) is 15.6 Å². The third-order valence-corrected chi connectivity index (χ3v) is 4.47. The molecule has 0 saturated carbocycles. The van der Waals surface area contributed by atoms with Crippen LogP contribution in [0.15, 0.2) is 48.7 Å². The molecule has 0 bridgehead atoms. The first-order chi connectivity index (χ1) is 10.7. The number of nitrogens with one attached hydrogen (secondary N) is 2. The Hall–Kier alpha value is -2.18. The number of thiazole rings is 1. The van der Waals surface area contributed by atoms with Crippen LogP contribution in [0.1, 0.15) is 6.42 Å². The topological polar surface area (TPSA) is 74.2 Å². The van der Waals surface area contributed by atoms with Crippen LogP contribution in [0.4, 0.5) is 9.93 Å². The average Bonchev–Trinajstić information content (AvgIpc) is 3.17. The van der Waals surface area contributed by atoms with Crippen LogP contribution in [0.25, 0.3) is 10.4 Å². The van der Waals surface area contributed by atoms with Gasteiger partial charge < -0.3 is 10.4 Å². The minimum atomic E-state index is -0.276. The number of rotatable bonds is 4. The van der Waals surface area contributed by atoms with Crippen molar-refractivity contribution in [1.82, 2.24) is 10.3 Å². The van der Waals surface area contributed by atoms with E-state index in [1.165, 1.54) is 11.3 Å². The fourth-order valence-corrected chi connectivity index (χ4v) is 3.20. The Balaban J connectivity index is 1.56. The monoisotopic (exact) mass is 315 g/mol. The first-order valence-corrected chi connectivity index (χ1v) is 7.94. The number of hydrogen-bond donors (Lipinski definition) is 3. The molecule has 1 aliphatic rings. The molecule has 1 aliphatic carbocycles. The first-order valence-electron chi connectivity index (χ1n) is 7.12. The zero-order valence-corrected chi connectivity index (χ0v) is 12.7. The smallest absolute Gasteiger partial charge is 0.321 e. The van der Waals surface area contributed by atoms with Gasteiger partial charge in [0.15, 0.2) is 5.13 Å². The van der Waals surface area contributed by atoms with Gasteiger partial charge in [-0.1, -0.05) is 53.8 Å². The summed E-state index contributed by atoms with van der Waals surface area (Å²) in [6.07, 6.45) is 6.34. The summed E-state index contributed by atoms with van der Waals surface area (Å²) in [7, 11) is 0. The fourth-order valence-electron chi connectivity index (χ4n) is 2.39. The number of urea groups is 1. The third kappa shape index (κ3) is 3.52. The van der Waals surface area contributed by atoms with Crippen LogP contribution in [-0.2, 0) is 0 Å². The molecule has 1 aromatic heterocycles. The van der Waals surface area contributed by atoms with Gasteiger partial charge >= 0.3 is 6.03 Å². The van der Waals surface area contributed by atoms with Crippen LogP contribution in [0.2, 0.25) is 0 Å². The number of carbonyl (C=O) groups excluding carboxylic acids is 1. The van der Waals surface area contributed by atoms with E-state index in [0.29, 0.717) is 5.13 Å². The highest BCUT2D eigenvalue weighted by molar-refractivity contribution is 7.19. The van der Waals surface area contributed by atoms with E-state index in [-0.39, 0.29) is 24.6 Å². The highest BCUT2D eigenvalue weighted by atomic mass is 32.1. The molecule has 3 N–H and O–H groups in total. The van der Waals surface area contributed by atoms with Gasteiger partial charge in [0.05, 0.1) is 4.88 Å². The summed E-state index contributed by atoms with van der Waals surface area (Å²) in [5.41, 5.74) is 1.08. The van der Waals surface area contributed by atoms with Crippen molar-refractivity contribution in [2.75, 3.05) is 11.9 Å². The lowest BCUT2D eigenvalue weighted by atomic mass is 10.1. The van der Waals surface area contributed by atoms with E-state index >= 15 is 0 Å². The van der Waals surface area contributed by atoms with Crippen molar-refractivity contribution in [3.05, 3.63) is 48.7 Å². The van der Waals surface area contributed by atoms with Crippen LogP contribution in [0.3, 0.4) is 0 Å². The molecular weight excluding hydrogens is 298 g/mol. The molecule has 114 valence electrons. The van der Waals surface area contributed by atoms with Crippen LogP contribution in [-0.4, -0.2) is 28.8 Å². The number of aliphatic hydroxyl groups is 1. The molecule has 22 heavy (non-hydrogen) atoms. The van der Waals surface area contributed by atoms with Crippen molar-refractivity contribution in [1.29, 1.82) is 0 Å². The van der Waals surface area contributed by atoms with Gasteiger partial charge in [0.2, 0.25) is 0 Å². The number of aliphatic hydroxyl groups excluding tert-OH is 1. The molecule has 2 atom stereocenters. The summed E-state index contributed by atoms with van der Waals surface area (Å²) in [5.74, 6) is 0.134. The van der Waals surface area contributed by atoms with Gasteiger partial charge in [0.25, 0.3) is 0 Å². The second kappa shape index (κ2) is 6.72. The second-order valence-electron chi connectivity index (χ2n) is 5.16. The molecule has 2 amide bonds. The number of amides is 2. The minimum Gasteiger partial charge on any atom is -0.396 e. The van der Waals surface area contributed by atoms with Gasteiger partial charge in [-0.15, -0.1) is 0 Å². The molecule has 0 saturated heterocycles. The van der Waals surface area contributed by atoms with Crippen molar-refractivity contribution in [3.8, 4) is 10.4 Å². The molecule has 5 nitrogen and oxygen atoms in total. The molecule has 0 fully saturated rings. The zero-order chi connectivity index (χ0) is 15.4. The largest absolute Gasteiger partial charge is 0.396 e. The number of benzene rings is 1. The van der Waals surface area contributed by atoms with E-state index in [0.717, 1.165) is 16.9 Å². The Morgan fingerprint density at radius 1 is 1.32 bits per heavy atom. The summed E-state index contributed by atoms with van der Waals surface area (Å²) < 4.78 is 0. The molecule has 0 unspecified atom stereocenters. The summed E-state index contributed by atoms with van der Waals surface area (Å²) >= 11 is 1.44. The van der Waals surface area contributed by atoms with E-state index < -0.39 is 0 Å². The Labute approximate surface area is 132 Å². The van der Waals surface area contributed by atoms with Gasteiger partial charge in [0.1, 0.15) is 0 Å². The van der Waals surface area contributed by atoms with Gasteiger partial charge in [-0.2, -0.15) is 0 Å². The molecule has 0 aliphatic heterocycles. The number of aromatic nitrogens is 1. The van der Waals surface area contributed by atoms with Crippen molar-refractivity contribution in [2.24, 2.45) is 5.92 Å². The molecule has 1 aromatic carbocycles. The minimum absolute atomic E-state index is 0.0364. The van der Waals surface area contributed by atoms with Crippen molar-refractivity contribution < 1.29 is 9.90 Å². The average molecular weight is 315 g/mol. The maximum Gasteiger partial charge on any atom is 0.321 e. The quantitative estimate of drug-likeness (QED) is 0.760. The van der Waals surface area contributed by atoms with E-state index in [1.54, 1.807) is 6.20 Å². The van der Waals surface area contributed by atoms with E-state index in [4.69, 9.17) is 5.11 Å². The maximum atomic E-state index is 12.0. The number of carbonyl (C=O) groups is 1. The summed E-state index contributed by atoms with van der Waals surface area (Å²) in [5, 5.41) is 15.3. The summed E-state index contributed by atoms with van der Waals surface area (Å²) in [6, 6.07) is 9.61. The molecule has 2 aromatic rings. The van der Waals surface area contributed by atoms with Crippen molar-refractivity contribution >= 4 is 22.5 Å². The van der Waals surface area contributed by atoms with Crippen molar-refractivity contribution in [3.63, 3.8) is 0 Å². The lowest BCUT2D eigenvalue weighted by molar-refractivity contribution is 0.238. The fraction of sp³-hybridized carbons (Fsp3) is 0.250. The first kappa shape index (κ1) is 14.7. The molecule has 0 radical (unpaired) electrons. The molecule has 1 heterocycles. The number of nitrogens with zero attached hydrogens (tertiary/aromatic N) is 1. The molecule has 3 rings (SSSR count). The second-order valence-corrected chi connectivity index (χ2v) is 6.19. The van der Waals surface area contributed by atoms with E-state index in [9.17, 15) is 4.79 Å². The molecule has 0 spiro atoms. The van der Waals surface area contributed by atoms with Gasteiger partial charge in [-0.3, -0.25) is 5.32 Å². The van der Waals surface area contributed by atoms with Gasteiger partial charge in [-0.05, 0) is 12.0 Å².